The number of ether oxygens (including phenoxy) is 2. The molecule has 0 bridgehead atoms. The molecule has 1 aliphatic rings. The number of fused-ring (bicyclic) bond motifs is 1. The largest absolute Gasteiger partial charge is 0.492 e. The first-order chi connectivity index (χ1) is 13.6. The number of rotatable bonds is 7. The lowest BCUT2D eigenvalue weighted by molar-refractivity contribution is -0.126. The zero-order valence-corrected chi connectivity index (χ0v) is 15.7. The van der Waals surface area contributed by atoms with E-state index in [0.717, 1.165) is 12.0 Å². The standard InChI is InChI=1S/C21H23FN2O4/c1-27-10-4-9-23-20(25)15-11-14-12-16(7-8-19(14)28-13-15)24-21(26)17-5-2-3-6-18(17)22/h2-3,5-8,12,15H,4,9-11,13H2,1H3,(H,23,25)(H,24,26)/t15-/m0/s1. The molecule has 7 heteroatoms. The molecule has 148 valence electrons. The van der Waals surface area contributed by atoms with E-state index in [4.69, 9.17) is 9.47 Å². The Kier molecular flexibility index (Phi) is 6.60. The molecule has 0 saturated heterocycles. The van der Waals surface area contributed by atoms with E-state index >= 15 is 0 Å². The molecule has 2 amide bonds. The van der Waals surface area contributed by atoms with Gasteiger partial charge in [0.15, 0.2) is 0 Å². The molecule has 0 fully saturated rings. The van der Waals surface area contributed by atoms with Gasteiger partial charge in [-0.15, -0.1) is 0 Å². The van der Waals surface area contributed by atoms with Crippen molar-refractivity contribution in [2.24, 2.45) is 5.92 Å². The Morgan fingerprint density at radius 3 is 2.86 bits per heavy atom. The molecule has 0 unspecified atom stereocenters. The predicted octanol–water partition coefficient (Wildman–Crippen LogP) is 2.78. The molecular formula is C21H23FN2O4. The van der Waals surface area contributed by atoms with Crippen molar-refractivity contribution in [2.75, 3.05) is 32.2 Å². The van der Waals surface area contributed by atoms with Gasteiger partial charge in [-0.3, -0.25) is 9.59 Å². The van der Waals surface area contributed by atoms with E-state index < -0.39 is 11.7 Å². The molecule has 0 saturated carbocycles. The summed E-state index contributed by atoms with van der Waals surface area (Å²) in [7, 11) is 1.62. The SMILES string of the molecule is COCCCNC(=O)[C@@H]1COc2ccc(NC(=O)c3ccccc3F)cc2C1. The highest BCUT2D eigenvalue weighted by Gasteiger charge is 2.26. The number of anilines is 1. The molecule has 3 rings (SSSR count). The van der Waals surface area contributed by atoms with Gasteiger partial charge in [0.2, 0.25) is 5.91 Å². The zero-order chi connectivity index (χ0) is 19.9. The minimum Gasteiger partial charge on any atom is -0.492 e. The van der Waals surface area contributed by atoms with Gasteiger partial charge in [0.25, 0.3) is 5.91 Å². The van der Waals surface area contributed by atoms with Crippen LogP contribution in [0.5, 0.6) is 5.75 Å². The summed E-state index contributed by atoms with van der Waals surface area (Å²) in [5, 5.41) is 5.57. The molecule has 1 heterocycles. The molecule has 0 aromatic heterocycles. The lowest BCUT2D eigenvalue weighted by atomic mass is 9.95. The maximum atomic E-state index is 13.8. The van der Waals surface area contributed by atoms with Gasteiger partial charge in [0.05, 0.1) is 11.5 Å². The quantitative estimate of drug-likeness (QED) is 0.718. The number of hydrogen-bond donors (Lipinski definition) is 2. The maximum Gasteiger partial charge on any atom is 0.258 e. The first-order valence-electron chi connectivity index (χ1n) is 9.16. The summed E-state index contributed by atoms with van der Waals surface area (Å²) in [4.78, 5) is 24.6. The molecular weight excluding hydrogens is 363 g/mol. The van der Waals surface area contributed by atoms with E-state index in [0.29, 0.717) is 37.6 Å². The van der Waals surface area contributed by atoms with Crippen LogP contribution in [0.4, 0.5) is 10.1 Å². The Bertz CT molecular complexity index is 856. The highest BCUT2D eigenvalue weighted by molar-refractivity contribution is 6.04. The van der Waals surface area contributed by atoms with E-state index in [9.17, 15) is 14.0 Å². The first-order valence-corrected chi connectivity index (χ1v) is 9.16. The van der Waals surface area contributed by atoms with Gasteiger partial charge in [0.1, 0.15) is 18.2 Å². The maximum absolute atomic E-state index is 13.8. The van der Waals surface area contributed by atoms with Gasteiger partial charge >= 0.3 is 0 Å². The Labute approximate surface area is 163 Å². The average Bonchev–Trinajstić information content (AvgIpc) is 2.70. The second-order valence-electron chi connectivity index (χ2n) is 6.61. The van der Waals surface area contributed by atoms with Crippen LogP contribution >= 0.6 is 0 Å². The third-order valence-corrected chi connectivity index (χ3v) is 4.54. The van der Waals surface area contributed by atoms with Crippen LogP contribution < -0.4 is 15.4 Å². The van der Waals surface area contributed by atoms with E-state index in [2.05, 4.69) is 10.6 Å². The van der Waals surface area contributed by atoms with Crippen LogP contribution in [-0.4, -0.2) is 38.7 Å². The third-order valence-electron chi connectivity index (χ3n) is 4.54. The van der Waals surface area contributed by atoms with Crippen molar-refractivity contribution in [1.82, 2.24) is 5.32 Å². The van der Waals surface area contributed by atoms with Gasteiger partial charge in [-0.25, -0.2) is 4.39 Å². The summed E-state index contributed by atoms with van der Waals surface area (Å²) in [5.74, 6) is -0.781. The summed E-state index contributed by atoms with van der Waals surface area (Å²) in [5.41, 5.74) is 1.33. The highest BCUT2D eigenvalue weighted by Crippen LogP contribution is 2.30. The molecule has 0 radical (unpaired) electrons. The lowest BCUT2D eigenvalue weighted by Gasteiger charge is -2.25. The molecule has 0 spiro atoms. The van der Waals surface area contributed by atoms with Gasteiger partial charge in [-0.05, 0) is 48.7 Å². The summed E-state index contributed by atoms with van der Waals surface area (Å²) in [6.07, 6.45) is 1.26. The highest BCUT2D eigenvalue weighted by atomic mass is 19.1. The molecule has 2 N–H and O–H groups in total. The summed E-state index contributed by atoms with van der Waals surface area (Å²) < 4.78 is 24.4. The van der Waals surface area contributed by atoms with Gasteiger partial charge < -0.3 is 20.1 Å². The van der Waals surface area contributed by atoms with Crippen molar-refractivity contribution < 1.29 is 23.5 Å². The number of amides is 2. The van der Waals surface area contributed by atoms with Crippen molar-refractivity contribution in [2.45, 2.75) is 12.8 Å². The second-order valence-corrected chi connectivity index (χ2v) is 6.61. The monoisotopic (exact) mass is 386 g/mol. The topological polar surface area (TPSA) is 76.7 Å². The van der Waals surface area contributed by atoms with E-state index in [1.807, 2.05) is 0 Å². The van der Waals surface area contributed by atoms with E-state index in [-0.39, 0.29) is 17.4 Å². The Morgan fingerprint density at radius 2 is 2.07 bits per heavy atom. The summed E-state index contributed by atoms with van der Waals surface area (Å²) >= 11 is 0. The fraction of sp³-hybridized carbons (Fsp3) is 0.333. The Morgan fingerprint density at radius 1 is 1.25 bits per heavy atom. The van der Waals surface area contributed by atoms with Crippen molar-refractivity contribution >= 4 is 17.5 Å². The van der Waals surface area contributed by atoms with Crippen LogP contribution in [0.1, 0.15) is 22.3 Å². The van der Waals surface area contributed by atoms with Gasteiger partial charge in [-0.2, -0.15) is 0 Å². The van der Waals surface area contributed by atoms with E-state index in [1.165, 1.54) is 18.2 Å². The normalized spacial score (nSPS) is 15.3. The average molecular weight is 386 g/mol. The predicted molar refractivity (Wildman–Crippen MR) is 103 cm³/mol. The van der Waals surface area contributed by atoms with Crippen LogP contribution in [0.3, 0.4) is 0 Å². The van der Waals surface area contributed by atoms with Gasteiger partial charge in [-0.1, -0.05) is 12.1 Å². The number of nitrogens with one attached hydrogen (secondary N) is 2. The minimum absolute atomic E-state index is 0.0233. The van der Waals surface area contributed by atoms with Crippen molar-refractivity contribution in [3.05, 3.63) is 59.4 Å². The molecule has 28 heavy (non-hydrogen) atoms. The zero-order valence-electron chi connectivity index (χ0n) is 15.7. The van der Waals surface area contributed by atoms with Crippen LogP contribution in [0.25, 0.3) is 0 Å². The first kappa shape index (κ1) is 19.8. The van der Waals surface area contributed by atoms with E-state index in [1.54, 1.807) is 31.4 Å². The van der Waals surface area contributed by atoms with Crippen molar-refractivity contribution in [1.29, 1.82) is 0 Å². The molecule has 0 aliphatic carbocycles. The molecule has 2 aromatic carbocycles. The molecule has 1 atom stereocenters. The smallest absolute Gasteiger partial charge is 0.258 e. The molecule has 1 aliphatic heterocycles. The molecule has 2 aromatic rings. The fourth-order valence-corrected chi connectivity index (χ4v) is 3.06. The van der Waals surface area contributed by atoms with Crippen LogP contribution in [-0.2, 0) is 16.0 Å². The molecule has 6 nitrogen and oxygen atoms in total. The number of hydrogen-bond acceptors (Lipinski definition) is 4. The summed E-state index contributed by atoms with van der Waals surface area (Å²) in [6.45, 7) is 1.45. The summed E-state index contributed by atoms with van der Waals surface area (Å²) in [6, 6.07) is 11.0. The number of benzene rings is 2. The lowest BCUT2D eigenvalue weighted by Crippen LogP contribution is -2.38. The van der Waals surface area contributed by atoms with Crippen LogP contribution in [0, 0.1) is 11.7 Å². The third kappa shape index (κ3) is 4.86. The number of carbonyl (C=O) groups is 2. The Balaban J connectivity index is 1.64. The number of halogens is 1. The second kappa shape index (κ2) is 9.32. The number of carbonyl (C=O) groups excluding carboxylic acids is 2. The van der Waals surface area contributed by atoms with Gasteiger partial charge in [0, 0.05) is 25.9 Å². The van der Waals surface area contributed by atoms with Crippen molar-refractivity contribution in [3.63, 3.8) is 0 Å². The van der Waals surface area contributed by atoms with Crippen molar-refractivity contribution in [3.8, 4) is 5.75 Å². The number of methoxy groups -OCH3 is 1. The Hall–Kier alpha value is -2.93. The minimum atomic E-state index is -0.577. The van der Waals surface area contributed by atoms with Crippen LogP contribution in [0.15, 0.2) is 42.5 Å². The fourth-order valence-electron chi connectivity index (χ4n) is 3.06. The van der Waals surface area contributed by atoms with Crippen LogP contribution in [0.2, 0.25) is 0 Å².